The van der Waals surface area contributed by atoms with Gasteiger partial charge in [-0.15, -0.1) is 0 Å². The molecule has 8 rings (SSSR count). The van der Waals surface area contributed by atoms with Gasteiger partial charge in [-0.2, -0.15) is 0 Å². The van der Waals surface area contributed by atoms with Crippen LogP contribution in [0.25, 0.3) is 43.4 Å². The Kier molecular flexibility index (Phi) is 5.37. The Morgan fingerprint density at radius 1 is 0.476 bits per heavy atom. The summed E-state index contributed by atoms with van der Waals surface area (Å²) >= 11 is 0. The van der Waals surface area contributed by atoms with E-state index in [1.54, 1.807) is 0 Å². The van der Waals surface area contributed by atoms with Gasteiger partial charge in [-0.3, -0.25) is 0 Å². The minimum Gasteiger partial charge on any atom is -0.310 e. The maximum absolute atomic E-state index is 2.49. The molecule has 0 heterocycles. The monoisotopic (exact) mass is 539 g/mol. The van der Waals surface area contributed by atoms with Crippen LogP contribution in [0.15, 0.2) is 127 Å². The Balaban J connectivity index is 1.53. The quantitative estimate of drug-likeness (QED) is 0.202. The van der Waals surface area contributed by atoms with E-state index in [4.69, 9.17) is 0 Å². The lowest BCUT2D eigenvalue weighted by molar-refractivity contribution is 0.667. The lowest BCUT2D eigenvalue weighted by Gasteiger charge is -2.31. The summed E-state index contributed by atoms with van der Waals surface area (Å²) in [6.45, 7) is 9.23. The maximum Gasteiger partial charge on any atom is 0.0543 e. The van der Waals surface area contributed by atoms with Gasteiger partial charge in [0.1, 0.15) is 0 Å². The van der Waals surface area contributed by atoms with Crippen molar-refractivity contribution in [3.8, 4) is 11.1 Å². The van der Waals surface area contributed by atoms with E-state index in [2.05, 4.69) is 160 Å². The highest BCUT2D eigenvalue weighted by molar-refractivity contribution is 6.22. The summed E-state index contributed by atoms with van der Waals surface area (Å²) in [5.74, 6) is 0. The number of hydrogen-bond donors (Lipinski definition) is 0. The van der Waals surface area contributed by atoms with E-state index < -0.39 is 0 Å². The van der Waals surface area contributed by atoms with Gasteiger partial charge in [-0.05, 0) is 92.9 Å². The van der Waals surface area contributed by atoms with Crippen LogP contribution >= 0.6 is 0 Å². The summed E-state index contributed by atoms with van der Waals surface area (Å²) in [7, 11) is 0. The van der Waals surface area contributed by atoms with Gasteiger partial charge in [0, 0.05) is 22.2 Å². The summed E-state index contributed by atoms with van der Waals surface area (Å²) in [6.07, 6.45) is 0. The smallest absolute Gasteiger partial charge is 0.0543 e. The molecular formula is C41H33N. The number of fused-ring (bicyclic) bond motifs is 10. The van der Waals surface area contributed by atoms with Crippen molar-refractivity contribution in [1.29, 1.82) is 0 Å². The van der Waals surface area contributed by atoms with Crippen LogP contribution in [-0.2, 0) is 5.41 Å². The predicted molar refractivity (Wildman–Crippen MR) is 181 cm³/mol. The molecule has 7 aromatic carbocycles. The van der Waals surface area contributed by atoms with Crippen LogP contribution in [0, 0.1) is 13.8 Å². The molecule has 0 bridgehead atoms. The largest absolute Gasteiger partial charge is 0.310 e. The van der Waals surface area contributed by atoms with E-state index in [-0.39, 0.29) is 5.41 Å². The second kappa shape index (κ2) is 9.06. The van der Waals surface area contributed by atoms with Crippen molar-refractivity contribution in [3.63, 3.8) is 0 Å². The average Bonchev–Trinajstić information content (AvgIpc) is 3.26. The molecular weight excluding hydrogens is 506 g/mol. The normalized spacial score (nSPS) is 13.4. The lowest BCUT2D eigenvalue weighted by Crippen LogP contribution is -2.17. The highest BCUT2D eigenvalue weighted by atomic mass is 15.1. The molecule has 0 saturated carbocycles. The molecule has 1 heteroatoms. The van der Waals surface area contributed by atoms with Crippen LogP contribution in [0.1, 0.15) is 36.1 Å². The second-order valence-electron chi connectivity index (χ2n) is 12.3. The number of benzene rings is 7. The van der Waals surface area contributed by atoms with Gasteiger partial charge < -0.3 is 4.90 Å². The summed E-state index contributed by atoms with van der Waals surface area (Å²) in [5, 5.41) is 7.92. The number of nitrogens with zero attached hydrogens (tertiary/aromatic N) is 1. The molecule has 0 radical (unpaired) electrons. The van der Waals surface area contributed by atoms with Gasteiger partial charge in [-0.1, -0.05) is 123 Å². The van der Waals surface area contributed by atoms with Crippen molar-refractivity contribution in [3.05, 3.63) is 150 Å². The fourth-order valence-corrected chi connectivity index (χ4v) is 7.53. The SMILES string of the molecule is Cc1ccc(N(c2ccccc2)c2cc3c(c4ccccc24)-c2c(c4ccccc4c4ccccc24)C3(C)C)c(C)c1. The molecule has 7 aromatic rings. The van der Waals surface area contributed by atoms with Crippen molar-refractivity contribution in [2.24, 2.45) is 0 Å². The number of aryl methyl sites for hydroxylation is 2. The fourth-order valence-electron chi connectivity index (χ4n) is 7.53. The molecule has 0 saturated heterocycles. The van der Waals surface area contributed by atoms with Crippen LogP contribution in [0.3, 0.4) is 0 Å². The van der Waals surface area contributed by atoms with Crippen molar-refractivity contribution in [1.82, 2.24) is 0 Å². The van der Waals surface area contributed by atoms with E-state index in [1.807, 2.05) is 0 Å². The average molecular weight is 540 g/mol. The zero-order valence-electron chi connectivity index (χ0n) is 24.6. The molecule has 1 aliphatic rings. The van der Waals surface area contributed by atoms with Gasteiger partial charge in [0.05, 0.1) is 5.69 Å². The molecule has 0 aromatic heterocycles. The summed E-state index contributed by atoms with van der Waals surface area (Å²) < 4.78 is 0. The third-order valence-corrected chi connectivity index (χ3v) is 9.35. The zero-order chi connectivity index (χ0) is 28.6. The molecule has 42 heavy (non-hydrogen) atoms. The molecule has 0 amide bonds. The molecule has 1 aliphatic carbocycles. The molecule has 0 N–H and O–H groups in total. The lowest BCUT2D eigenvalue weighted by atomic mass is 9.79. The maximum atomic E-state index is 2.49. The summed E-state index contributed by atoms with van der Waals surface area (Å²) in [6, 6.07) is 47.1. The van der Waals surface area contributed by atoms with Gasteiger partial charge in [-0.25, -0.2) is 0 Å². The van der Waals surface area contributed by atoms with Crippen LogP contribution in [0.2, 0.25) is 0 Å². The third kappa shape index (κ3) is 3.43. The Labute approximate surface area is 247 Å². The van der Waals surface area contributed by atoms with E-state index in [0.29, 0.717) is 0 Å². The highest BCUT2D eigenvalue weighted by Crippen LogP contribution is 2.58. The molecule has 0 atom stereocenters. The number of hydrogen-bond acceptors (Lipinski definition) is 1. The first-order valence-corrected chi connectivity index (χ1v) is 14.9. The van der Waals surface area contributed by atoms with Gasteiger partial charge >= 0.3 is 0 Å². The molecule has 202 valence electrons. The zero-order valence-corrected chi connectivity index (χ0v) is 24.6. The van der Waals surface area contributed by atoms with Gasteiger partial charge in [0.2, 0.25) is 0 Å². The standard InChI is InChI=1S/C41H33N/c1-26-22-23-36(27(2)24-26)42(28-14-6-5-7-15-28)37-25-35-38(33-20-12-10-18-31(33)37)39-32-19-11-8-16-29(32)30-17-9-13-21-34(30)40(39)41(35,3)4/h5-25H,1-4H3. The predicted octanol–water partition coefficient (Wildman–Crippen LogP) is 11.5. The first-order valence-electron chi connectivity index (χ1n) is 14.9. The van der Waals surface area contributed by atoms with Crippen LogP contribution < -0.4 is 4.90 Å². The number of rotatable bonds is 3. The van der Waals surface area contributed by atoms with Crippen molar-refractivity contribution in [2.45, 2.75) is 33.1 Å². The fraction of sp³-hybridized carbons (Fsp3) is 0.122. The summed E-state index contributed by atoms with van der Waals surface area (Å²) in [5.41, 5.74) is 11.6. The molecule has 1 nitrogen and oxygen atoms in total. The number of anilines is 3. The van der Waals surface area contributed by atoms with Crippen LogP contribution in [0.5, 0.6) is 0 Å². The topological polar surface area (TPSA) is 3.24 Å². The van der Waals surface area contributed by atoms with E-state index in [0.717, 1.165) is 0 Å². The first-order chi connectivity index (χ1) is 20.4. The Hall–Kier alpha value is -4.88. The van der Waals surface area contributed by atoms with E-state index >= 15 is 0 Å². The van der Waals surface area contributed by atoms with Gasteiger partial charge in [0.15, 0.2) is 0 Å². The minimum absolute atomic E-state index is 0.183. The Morgan fingerprint density at radius 3 is 1.69 bits per heavy atom. The summed E-state index contributed by atoms with van der Waals surface area (Å²) in [4.78, 5) is 2.46. The molecule has 0 aliphatic heterocycles. The van der Waals surface area contributed by atoms with Crippen molar-refractivity contribution < 1.29 is 0 Å². The molecule has 0 unspecified atom stereocenters. The highest BCUT2D eigenvalue weighted by Gasteiger charge is 2.40. The van der Waals surface area contributed by atoms with Crippen LogP contribution in [0.4, 0.5) is 17.1 Å². The first kappa shape index (κ1) is 24.9. The van der Waals surface area contributed by atoms with E-state index in [1.165, 1.54) is 82.8 Å². The third-order valence-electron chi connectivity index (χ3n) is 9.35. The Morgan fingerprint density at radius 2 is 1.02 bits per heavy atom. The van der Waals surface area contributed by atoms with Crippen molar-refractivity contribution in [2.75, 3.05) is 4.90 Å². The number of para-hydroxylation sites is 1. The van der Waals surface area contributed by atoms with Gasteiger partial charge in [0.25, 0.3) is 0 Å². The van der Waals surface area contributed by atoms with Crippen molar-refractivity contribution >= 4 is 49.4 Å². The molecule has 0 fully saturated rings. The Bertz CT molecular complexity index is 2190. The minimum atomic E-state index is -0.183. The van der Waals surface area contributed by atoms with Crippen LogP contribution in [-0.4, -0.2) is 0 Å². The van der Waals surface area contributed by atoms with E-state index in [9.17, 15) is 0 Å². The second-order valence-corrected chi connectivity index (χ2v) is 12.3. The molecule has 0 spiro atoms.